The number of H-pyrrole nitrogens is 1. The van der Waals surface area contributed by atoms with Gasteiger partial charge in [0.25, 0.3) is 0 Å². The fraction of sp³-hybridized carbons (Fsp3) is 0.0909. The third kappa shape index (κ3) is 3.18. The van der Waals surface area contributed by atoms with Crippen molar-refractivity contribution >= 4 is 44.9 Å². The second-order valence-corrected chi connectivity index (χ2v) is 4.55. The monoisotopic (exact) mass is 342 g/mol. The van der Waals surface area contributed by atoms with E-state index in [0.717, 1.165) is 0 Å². The molecule has 0 atom stereocenters. The van der Waals surface area contributed by atoms with Crippen molar-refractivity contribution in [3.63, 3.8) is 0 Å². The number of carbonyl (C=O) groups is 2. The molecular weight excluding hydrogens is 336 g/mol. The quantitative estimate of drug-likeness (QED) is 0.657. The zero-order valence-electron chi connectivity index (χ0n) is 9.48. The first-order chi connectivity index (χ1) is 9.11. The predicted molar refractivity (Wildman–Crippen MR) is 73.7 cm³/mol. The van der Waals surface area contributed by atoms with Gasteiger partial charge >= 0.3 is 0 Å². The van der Waals surface area contributed by atoms with E-state index in [0.29, 0.717) is 10.7 Å². The van der Waals surface area contributed by atoms with Gasteiger partial charge in [0.05, 0.1) is 17.2 Å². The first-order valence-corrected chi connectivity index (χ1v) is 6.67. The Morgan fingerprint density at radius 1 is 1.42 bits per heavy atom. The number of nitrogens with zero attached hydrogens (tertiary/aromatic N) is 2. The van der Waals surface area contributed by atoms with Gasteiger partial charge in [-0.1, -0.05) is 27.5 Å². The average Bonchev–Trinajstić information content (AvgIpc) is 2.93. The van der Waals surface area contributed by atoms with Crippen LogP contribution in [0.3, 0.4) is 0 Å². The van der Waals surface area contributed by atoms with Crippen LogP contribution < -0.4 is 5.32 Å². The number of alkyl halides is 1. The van der Waals surface area contributed by atoms with Gasteiger partial charge in [0, 0.05) is 10.6 Å². The van der Waals surface area contributed by atoms with Crippen molar-refractivity contribution in [1.82, 2.24) is 15.4 Å². The number of hydrogen-bond acceptors (Lipinski definition) is 4. The van der Waals surface area contributed by atoms with E-state index in [2.05, 4.69) is 36.7 Å². The number of carbonyl (C=O) groups excluding carboxylic acids is 2. The molecule has 2 N–H and O–H groups in total. The van der Waals surface area contributed by atoms with Gasteiger partial charge in [0.2, 0.25) is 11.7 Å². The van der Waals surface area contributed by atoms with Crippen molar-refractivity contribution in [3.8, 4) is 0 Å². The molecule has 1 heterocycles. The van der Waals surface area contributed by atoms with Crippen LogP contribution in [0.2, 0.25) is 5.02 Å². The molecule has 1 aromatic heterocycles. The molecule has 0 saturated heterocycles. The van der Waals surface area contributed by atoms with Gasteiger partial charge in [-0.05, 0) is 18.2 Å². The van der Waals surface area contributed by atoms with Crippen LogP contribution in [0.1, 0.15) is 16.1 Å². The topological polar surface area (TPSA) is 87.7 Å². The predicted octanol–water partition coefficient (Wildman–Crippen LogP) is 2.02. The summed E-state index contributed by atoms with van der Waals surface area (Å²) in [5.41, 5.74) is 0.786. The van der Waals surface area contributed by atoms with Crippen LogP contribution in [0.4, 0.5) is 5.69 Å². The van der Waals surface area contributed by atoms with Crippen molar-refractivity contribution in [2.24, 2.45) is 0 Å². The Hall–Kier alpha value is -1.73. The number of rotatable bonds is 4. The van der Waals surface area contributed by atoms with Gasteiger partial charge in [-0.15, -0.1) is 0 Å². The molecule has 0 aliphatic carbocycles. The van der Waals surface area contributed by atoms with E-state index in [9.17, 15) is 9.59 Å². The number of halogens is 2. The molecule has 0 radical (unpaired) electrons. The van der Waals surface area contributed by atoms with Crippen molar-refractivity contribution in [2.45, 2.75) is 0 Å². The Balaban J connectivity index is 2.40. The van der Waals surface area contributed by atoms with Crippen LogP contribution >= 0.6 is 27.5 Å². The van der Waals surface area contributed by atoms with Crippen LogP contribution in [0.5, 0.6) is 0 Å². The SMILES string of the molecule is O=C(CBr)Nc1ccc(Cl)cc1C(=O)c1cn[nH]n1. The average molecular weight is 344 g/mol. The third-order valence-corrected chi connectivity index (χ3v) is 3.01. The molecule has 19 heavy (non-hydrogen) atoms. The zero-order chi connectivity index (χ0) is 13.8. The normalized spacial score (nSPS) is 10.2. The van der Waals surface area contributed by atoms with Crippen LogP contribution in [0.15, 0.2) is 24.4 Å². The van der Waals surface area contributed by atoms with Gasteiger partial charge in [0.15, 0.2) is 5.69 Å². The molecule has 6 nitrogen and oxygen atoms in total. The molecule has 0 unspecified atom stereocenters. The Bertz CT molecular complexity index is 615. The Morgan fingerprint density at radius 2 is 2.21 bits per heavy atom. The fourth-order valence-electron chi connectivity index (χ4n) is 1.45. The summed E-state index contributed by atoms with van der Waals surface area (Å²) in [6.07, 6.45) is 1.30. The van der Waals surface area contributed by atoms with E-state index >= 15 is 0 Å². The van der Waals surface area contributed by atoms with Gasteiger partial charge in [-0.2, -0.15) is 15.4 Å². The van der Waals surface area contributed by atoms with Crippen LogP contribution in [0.25, 0.3) is 0 Å². The molecule has 1 amide bonds. The Kier molecular flexibility index (Phi) is 4.28. The van der Waals surface area contributed by atoms with E-state index in [4.69, 9.17) is 11.6 Å². The van der Waals surface area contributed by atoms with E-state index < -0.39 is 0 Å². The molecule has 0 fully saturated rings. The summed E-state index contributed by atoms with van der Waals surface area (Å²) in [5.74, 6) is -0.641. The second-order valence-electron chi connectivity index (χ2n) is 3.56. The minimum Gasteiger partial charge on any atom is -0.325 e. The molecule has 0 spiro atoms. The largest absolute Gasteiger partial charge is 0.325 e. The lowest BCUT2D eigenvalue weighted by molar-refractivity contribution is -0.113. The highest BCUT2D eigenvalue weighted by molar-refractivity contribution is 9.09. The summed E-state index contributed by atoms with van der Waals surface area (Å²) in [7, 11) is 0. The number of benzene rings is 1. The molecule has 98 valence electrons. The molecule has 2 aromatic rings. The molecule has 1 aromatic carbocycles. The third-order valence-electron chi connectivity index (χ3n) is 2.27. The summed E-state index contributed by atoms with van der Waals surface area (Å²) in [5, 5.41) is 12.8. The lowest BCUT2D eigenvalue weighted by atomic mass is 10.1. The first-order valence-electron chi connectivity index (χ1n) is 5.17. The lowest BCUT2D eigenvalue weighted by Gasteiger charge is -2.08. The molecule has 0 aliphatic rings. The van der Waals surface area contributed by atoms with Crippen molar-refractivity contribution in [2.75, 3.05) is 10.6 Å². The van der Waals surface area contributed by atoms with Crippen LogP contribution in [-0.2, 0) is 4.79 Å². The highest BCUT2D eigenvalue weighted by atomic mass is 79.9. The lowest BCUT2D eigenvalue weighted by Crippen LogP contribution is -2.16. The molecule has 2 rings (SSSR count). The van der Waals surface area contributed by atoms with Gasteiger partial charge in [0.1, 0.15) is 0 Å². The van der Waals surface area contributed by atoms with Gasteiger partial charge < -0.3 is 5.32 Å². The maximum Gasteiger partial charge on any atom is 0.235 e. The second kappa shape index (κ2) is 5.94. The fourth-order valence-corrected chi connectivity index (χ4v) is 1.76. The van der Waals surface area contributed by atoms with E-state index in [-0.39, 0.29) is 28.3 Å². The Morgan fingerprint density at radius 3 is 2.84 bits per heavy atom. The summed E-state index contributed by atoms with van der Waals surface area (Å²) in [4.78, 5) is 23.6. The van der Waals surface area contributed by atoms with Gasteiger partial charge in [-0.3, -0.25) is 9.59 Å². The van der Waals surface area contributed by atoms with Crippen LogP contribution in [-0.4, -0.2) is 32.4 Å². The van der Waals surface area contributed by atoms with E-state index in [1.54, 1.807) is 12.1 Å². The minimum absolute atomic E-state index is 0.132. The summed E-state index contributed by atoms with van der Waals surface area (Å²) < 4.78 is 0. The summed E-state index contributed by atoms with van der Waals surface area (Å²) in [6.45, 7) is 0. The van der Waals surface area contributed by atoms with Crippen molar-refractivity contribution in [1.29, 1.82) is 0 Å². The maximum atomic E-state index is 12.2. The zero-order valence-corrected chi connectivity index (χ0v) is 11.8. The number of nitrogens with one attached hydrogen (secondary N) is 2. The summed E-state index contributed by atoms with van der Waals surface area (Å²) in [6, 6.07) is 4.63. The van der Waals surface area contributed by atoms with Crippen molar-refractivity contribution < 1.29 is 9.59 Å². The number of ketones is 1. The number of anilines is 1. The van der Waals surface area contributed by atoms with Crippen molar-refractivity contribution in [3.05, 3.63) is 40.7 Å². The van der Waals surface area contributed by atoms with Crippen LogP contribution in [0, 0.1) is 0 Å². The highest BCUT2D eigenvalue weighted by Gasteiger charge is 2.17. The molecule has 0 saturated carbocycles. The molecule has 8 heteroatoms. The number of aromatic nitrogens is 3. The molecular formula is C11H8BrClN4O2. The molecule has 0 aliphatic heterocycles. The number of aromatic amines is 1. The van der Waals surface area contributed by atoms with Gasteiger partial charge in [-0.25, -0.2) is 0 Å². The minimum atomic E-state index is -0.374. The Labute approximate surface area is 121 Å². The van der Waals surface area contributed by atoms with E-state index in [1.807, 2.05) is 0 Å². The smallest absolute Gasteiger partial charge is 0.235 e. The first kappa shape index (κ1) is 13.7. The maximum absolute atomic E-state index is 12.2. The summed E-state index contributed by atoms with van der Waals surface area (Å²) >= 11 is 8.91. The standard InChI is InChI=1S/C11H8BrClN4O2/c12-4-10(18)15-8-2-1-6(13)3-7(8)11(19)9-5-14-17-16-9/h1-3,5H,4H2,(H,15,18)(H,14,16,17). The molecule has 0 bridgehead atoms. The number of amides is 1. The highest BCUT2D eigenvalue weighted by Crippen LogP contribution is 2.23. The number of hydrogen-bond donors (Lipinski definition) is 2. The van der Waals surface area contributed by atoms with E-state index in [1.165, 1.54) is 12.3 Å².